The van der Waals surface area contributed by atoms with Gasteiger partial charge in [0.1, 0.15) is 0 Å². The zero-order chi connectivity index (χ0) is 13.1. The Morgan fingerprint density at radius 3 is 2.61 bits per heavy atom. The van der Waals surface area contributed by atoms with Crippen LogP contribution in [0.4, 0.5) is 4.39 Å². The van der Waals surface area contributed by atoms with Gasteiger partial charge in [-0.3, -0.25) is 5.32 Å². The van der Waals surface area contributed by atoms with Gasteiger partial charge < -0.3 is 9.64 Å². The van der Waals surface area contributed by atoms with Gasteiger partial charge in [-0.05, 0) is 44.2 Å². The van der Waals surface area contributed by atoms with E-state index in [4.69, 9.17) is 4.74 Å². The van der Waals surface area contributed by atoms with Crippen LogP contribution in [0.15, 0.2) is 0 Å². The largest absolute Gasteiger partial charge is 0.376 e. The van der Waals surface area contributed by atoms with Crippen LogP contribution in [0.5, 0.6) is 0 Å². The Morgan fingerprint density at radius 1 is 1.39 bits per heavy atom. The molecular formula is C14H27FN2O. The molecule has 4 unspecified atom stereocenters. The number of hydrogen-bond acceptors (Lipinski definition) is 3. The molecule has 1 saturated carbocycles. The second-order valence-electron chi connectivity index (χ2n) is 6.16. The summed E-state index contributed by atoms with van der Waals surface area (Å²) in [6.07, 6.45) is 2.05. The number of halogens is 1. The SMILES string of the molecule is CC(C)C1C2CC2CCN1C.FC1COCCN1. The van der Waals surface area contributed by atoms with Crippen LogP contribution < -0.4 is 5.32 Å². The van der Waals surface area contributed by atoms with Gasteiger partial charge in [-0.1, -0.05) is 13.8 Å². The molecule has 4 heteroatoms. The highest BCUT2D eigenvalue weighted by Gasteiger charge is 2.48. The van der Waals surface area contributed by atoms with Crippen molar-refractivity contribution in [3.63, 3.8) is 0 Å². The summed E-state index contributed by atoms with van der Waals surface area (Å²) in [5.41, 5.74) is 0. The van der Waals surface area contributed by atoms with E-state index in [0.717, 1.165) is 23.8 Å². The van der Waals surface area contributed by atoms with Gasteiger partial charge in [0.15, 0.2) is 6.30 Å². The van der Waals surface area contributed by atoms with E-state index in [1.807, 2.05) is 0 Å². The normalized spacial score (nSPS) is 39.8. The number of likely N-dealkylation sites (tertiary alicyclic amines) is 1. The van der Waals surface area contributed by atoms with Crippen LogP contribution in [0.25, 0.3) is 0 Å². The number of hydrogen-bond donors (Lipinski definition) is 1. The summed E-state index contributed by atoms with van der Waals surface area (Å²) in [7, 11) is 2.29. The molecule has 0 radical (unpaired) electrons. The maximum Gasteiger partial charge on any atom is 0.174 e. The van der Waals surface area contributed by atoms with Crippen molar-refractivity contribution in [2.75, 3.05) is 33.4 Å². The van der Waals surface area contributed by atoms with E-state index in [-0.39, 0.29) is 6.61 Å². The number of rotatable bonds is 1. The van der Waals surface area contributed by atoms with E-state index in [2.05, 4.69) is 31.1 Å². The third kappa shape index (κ3) is 3.65. The minimum Gasteiger partial charge on any atom is -0.376 e. The molecule has 18 heavy (non-hydrogen) atoms. The van der Waals surface area contributed by atoms with Crippen molar-refractivity contribution in [3.05, 3.63) is 0 Å². The lowest BCUT2D eigenvalue weighted by Gasteiger charge is -2.35. The predicted octanol–water partition coefficient (Wildman–Crippen LogP) is 1.88. The lowest BCUT2D eigenvalue weighted by molar-refractivity contribution is 0.0286. The van der Waals surface area contributed by atoms with Crippen LogP contribution in [0.3, 0.4) is 0 Å². The van der Waals surface area contributed by atoms with Crippen molar-refractivity contribution in [2.45, 2.75) is 39.0 Å². The lowest BCUT2D eigenvalue weighted by Crippen LogP contribution is -2.41. The van der Waals surface area contributed by atoms with Crippen molar-refractivity contribution < 1.29 is 9.13 Å². The van der Waals surface area contributed by atoms with Crippen molar-refractivity contribution in [1.82, 2.24) is 10.2 Å². The number of morpholine rings is 1. The van der Waals surface area contributed by atoms with Crippen LogP contribution >= 0.6 is 0 Å². The first-order valence-corrected chi connectivity index (χ1v) is 7.25. The third-order valence-electron chi connectivity index (χ3n) is 4.34. The van der Waals surface area contributed by atoms with Crippen LogP contribution in [-0.4, -0.2) is 50.6 Å². The Hall–Kier alpha value is -0.190. The molecule has 2 heterocycles. The van der Waals surface area contributed by atoms with Crippen molar-refractivity contribution in [3.8, 4) is 0 Å². The van der Waals surface area contributed by atoms with E-state index in [1.165, 1.54) is 19.4 Å². The number of fused-ring (bicyclic) bond motifs is 1. The first-order chi connectivity index (χ1) is 8.59. The fourth-order valence-corrected chi connectivity index (χ4v) is 3.40. The molecule has 1 aliphatic carbocycles. The quantitative estimate of drug-likeness (QED) is 0.727. The zero-order valence-corrected chi connectivity index (χ0v) is 11.9. The Labute approximate surface area is 110 Å². The number of nitrogens with one attached hydrogen (secondary N) is 1. The van der Waals surface area contributed by atoms with Gasteiger partial charge in [-0.15, -0.1) is 0 Å². The molecule has 3 rings (SSSR count). The summed E-state index contributed by atoms with van der Waals surface area (Å²) < 4.78 is 16.7. The Kier molecular flexibility index (Phi) is 4.98. The topological polar surface area (TPSA) is 24.5 Å². The summed E-state index contributed by atoms with van der Waals surface area (Å²) >= 11 is 0. The minimum absolute atomic E-state index is 0.208. The van der Waals surface area contributed by atoms with Gasteiger partial charge in [0.2, 0.25) is 0 Å². The molecule has 3 fully saturated rings. The van der Waals surface area contributed by atoms with Gasteiger partial charge in [-0.25, -0.2) is 4.39 Å². The van der Waals surface area contributed by atoms with Crippen LogP contribution in [0.2, 0.25) is 0 Å². The summed E-state index contributed by atoms with van der Waals surface area (Å²) in [4.78, 5) is 2.57. The van der Waals surface area contributed by atoms with E-state index in [0.29, 0.717) is 13.2 Å². The highest BCUT2D eigenvalue weighted by atomic mass is 19.1. The van der Waals surface area contributed by atoms with Gasteiger partial charge in [0.05, 0.1) is 13.2 Å². The Morgan fingerprint density at radius 2 is 2.17 bits per heavy atom. The molecule has 2 saturated heterocycles. The fourth-order valence-electron chi connectivity index (χ4n) is 3.40. The first-order valence-electron chi connectivity index (χ1n) is 7.25. The van der Waals surface area contributed by atoms with Crippen molar-refractivity contribution in [1.29, 1.82) is 0 Å². The Bertz CT molecular complexity index is 254. The second kappa shape index (κ2) is 6.31. The molecule has 3 aliphatic rings. The number of piperidine rings is 1. The van der Waals surface area contributed by atoms with Gasteiger partial charge in [0, 0.05) is 12.6 Å². The highest BCUT2D eigenvalue weighted by Crippen LogP contribution is 2.50. The number of ether oxygens (including phenoxy) is 1. The molecule has 106 valence electrons. The molecule has 2 aliphatic heterocycles. The zero-order valence-electron chi connectivity index (χ0n) is 11.9. The molecule has 0 aromatic rings. The predicted molar refractivity (Wildman–Crippen MR) is 71.2 cm³/mol. The summed E-state index contributed by atoms with van der Waals surface area (Å²) in [6.45, 7) is 7.55. The van der Waals surface area contributed by atoms with Crippen LogP contribution in [-0.2, 0) is 4.74 Å². The maximum atomic E-state index is 11.9. The van der Waals surface area contributed by atoms with E-state index >= 15 is 0 Å². The smallest absolute Gasteiger partial charge is 0.174 e. The standard InChI is InChI=1S/C10H19N.C4H8FNO/c1-7(2)10-9-6-8(9)4-5-11(10)3;5-4-3-7-2-1-6-4/h7-10H,4-6H2,1-3H3;4,6H,1-3H2. The van der Waals surface area contributed by atoms with Gasteiger partial charge in [-0.2, -0.15) is 0 Å². The van der Waals surface area contributed by atoms with Crippen LogP contribution in [0.1, 0.15) is 26.7 Å². The fraction of sp³-hybridized carbons (Fsp3) is 1.00. The Balaban J connectivity index is 0.000000149. The molecular weight excluding hydrogens is 231 g/mol. The molecule has 0 bridgehead atoms. The van der Waals surface area contributed by atoms with E-state index in [1.54, 1.807) is 0 Å². The van der Waals surface area contributed by atoms with Gasteiger partial charge >= 0.3 is 0 Å². The van der Waals surface area contributed by atoms with E-state index < -0.39 is 6.30 Å². The summed E-state index contributed by atoms with van der Waals surface area (Å²) in [5, 5.41) is 2.59. The van der Waals surface area contributed by atoms with Gasteiger partial charge in [0.25, 0.3) is 0 Å². The molecule has 0 aromatic carbocycles. The highest BCUT2D eigenvalue weighted by molar-refractivity contribution is 5.00. The molecule has 1 N–H and O–H groups in total. The molecule has 0 spiro atoms. The summed E-state index contributed by atoms with van der Waals surface area (Å²) in [6, 6.07) is 0.897. The van der Waals surface area contributed by atoms with Crippen LogP contribution in [0, 0.1) is 17.8 Å². The minimum atomic E-state index is -0.936. The van der Waals surface area contributed by atoms with Crippen molar-refractivity contribution >= 4 is 0 Å². The monoisotopic (exact) mass is 258 g/mol. The molecule has 4 atom stereocenters. The van der Waals surface area contributed by atoms with Crippen molar-refractivity contribution in [2.24, 2.45) is 17.8 Å². The maximum absolute atomic E-state index is 11.9. The average Bonchev–Trinajstić information content (AvgIpc) is 3.09. The molecule has 3 nitrogen and oxygen atoms in total. The third-order valence-corrected chi connectivity index (χ3v) is 4.34. The second-order valence-corrected chi connectivity index (χ2v) is 6.16. The van der Waals surface area contributed by atoms with E-state index in [9.17, 15) is 4.39 Å². The number of alkyl halides is 1. The number of nitrogens with zero attached hydrogens (tertiary/aromatic N) is 1. The summed E-state index contributed by atoms with van der Waals surface area (Å²) in [5.74, 6) is 3.03. The average molecular weight is 258 g/mol. The molecule has 0 amide bonds. The lowest BCUT2D eigenvalue weighted by atomic mass is 9.93. The first kappa shape index (κ1) is 14.2. The molecule has 0 aromatic heterocycles.